The molecule has 15 heteroatoms. The zero-order chi connectivity index (χ0) is 27.3. The molecule has 1 aromatic carbocycles. The summed E-state index contributed by atoms with van der Waals surface area (Å²) < 4.78 is 0. The van der Waals surface area contributed by atoms with E-state index in [0.29, 0.717) is 5.56 Å². The summed E-state index contributed by atoms with van der Waals surface area (Å²) in [7, 11) is 0. The number of phenolic OH excluding ortho intramolecular Hbond substituents is 1. The highest BCUT2D eigenvalue weighted by molar-refractivity contribution is 7.80. The first kappa shape index (κ1) is 30.5. The molecule has 36 heavy (non-hydrogen) atoms. The van der Waals surface area contributed by atoms with Crippen molar-refractivity contribution in [1.29, 1.82) is 0 Å². The number of hydrogen-bond acceptors (Lipinski definition) is 9. The highest BCUT2D eigenvalue weighted by Gasteiger charge is 2.29. The fourth-order valence-electron chi connectivity index (χ4n) is 2.95. The van der Waals surface area contributed by atoms with Gasteiger partial charge < -0.3 is 48.5 Å². The number of aliphatic hydroxyl groups is 1. The molecule has 0 spiro atoms. The van der Waals surface area contributed by atoms with Crippen molar-refractivity contribution < 1.29 is 34.5 Å². The maximum absolute atomic E-state index is 12.6. The first-order valence-electron chi connectivity index (χ1n) is 10.9. The van der Waals surface area contributed by atoms with Crippen LogP contribution in [0.1, 0.15) is 18.4 Å². The fraction of sp³-hybridized carbons (Fsp3) is 0.476. The first-order valence-corrected chi connectivity index (χ1v) is 11.6. The number of aliphatic carboxylic acids is 1. The SMILES string of the molecule is NC(N)=NCCCC(NC(=O)C(CS)NC(=O)C(CO)NC(=O)C(N)Cc1ccc(O)cc1)C(=O)O. The summed E-state index contributed by atoms with van der Waals surface area (Å²) in [4.78, 5) is 52.7. The second-order valence-corrected chi connectivity index (χ2v) is 8.18. The van der Waals surface area contributed by atoms with Crippen LogP contribution in [0.5, 0.6) is 5.75 Å². The summed E-state index contributed by atoms with van der Waals surface area (Å²) in [5.41, 5.74) is 17.0. The summed E-state index contributed by atoms with van der Waals surface area (Å²) in [5, 5.41) is 35.2. The Labute approximate surface area is 213 Å². The maximum atomic E-state index is 12.6. The Morgan fingerprint density at radius 2 is 1.50 bits per heavy atom. The molecule has 200 valence electrons. The number of nitrogens with one attached hydrogen (secondary N) is 3. The largest absolute Gasteiger partial charge is 0.508 e. The highest BCUT2D eigenvalue weighted by atomic mass is 32.1. The van der Waals surface area contributed by atoms with Gasteiger partial charge >= 0.3 is 5.97 Å². The lowest BCUT2D eigenvalue weighted by atomic mass is 10.1. The van der Waals surface area contributed by atoms with E-state index in [1.807, 2.05) is 0 Å². The number of rotatable bonds is 15. The molecule has 4 unspecified atom stereocenters. The minimum absolute atomic E-state index is 0.0271. The van der Waals surface area contributed by atoms with Gasteiger partial charge in [-0.25, -0.2) is 4.79 Å². The normalized spacial score (nSPS) is 14.0. The number of nitrogens with zero attached hydrogens (tertiary/aromatic N) is 1. The Kier molecular flexibility index (Phi) is 13.1. The topological polar surface area (TPSA) is 255 Å². The van der Waals surface area contributed by atoms with Gasteiger partial charge in [-0.15, -0.1) is 0 Å². The van der Waals surface area contributed by atoms with Crippen LogP contribution < -0.4 is 33.2 Å². The Morgan fingerprint density at radius 3 is 2.03 bits per heavy atom. The lowest BCUT2D eigenvalue weighted by molar-refractivity contribution is -0.142. The molecule has 0 radical (unpaired) electrons. The zero-order valence-corrected chi connectivity index (χ0v) is 20.4. The lowest BCUT2D eigenvalue weighted by Crippen LogP contribution is -2.58. The minimum atomic E-state index is -1.42. The molecule has 0 aliphatic carbocycles. The van der Waals surface area contributed by atoms with Crippen LogP contribution in [0.3, 0.4) is 0 Å². The second kappa shape index (κ2) is 15.4. The van der Waals surface area contributed by atoms with E-state index >= 15 is 0 Å². The predicted molar refractivity (Wildman–Crippen MR) is 134 cm³/mol. The van der Waals surface area contributed by atoms with E-state index in [-0.39, 0.29) is 43.3 Å². The molecular formula is C21H33N7O7S. The van der Waals surface area contributed by atoms with Crippen LogP contribution in [0.25, 0.3) is 0 Å². The van der Waals surface area contributed by atoms with Crippen LogP contribution in [-0.4, -0.2) is 88.0 Å². The molecule has 0 aromatic heterocycles. The molecule has 0 aliphatic heterocycles. The molecule has 0 bridgehead atoms. The van der Waals surface area contributed by atoms with Crippen molar-refractivity contribution in [2.24, 2.45) is 22.2 Å². The first-order chi connectivity index (χ1) is 17.0. The van der Waals surface area contributed by atoms with Gasteiger partial charge in [-0.3, -0.25) is 19.4 Å². The Morgan fingerprint density at radius 1 is 0.944 bits per heavy atom. The van der Waals surface area contributed by atoms with E-state index in [1.54, 1.807) is 12.1 Å². The summed E-state index contributed by atoms with van der Waals surface area (Å²) >= 11 is 4.02. The van der Waals surface area contributed by atoms with Crippen molar-refractivity contribution >= 4 is 42.3 Å². The minimum Gasteiger partial charge on any atom is -0.508 e. The molecular weight excluding hydrogens is 494 g/mol. The summed E-state index contributed by atoms with van der Waals surface area (Å²) in [5.74, 6) is -4.01. The summed E-state index contributed by atoms with van der Waals surface area (Å²) in [6.07, 6.45) is 0.405. The van der Waals surface area contributed by atoms with Crippen LogP contribution in [0.15, 0.2) is 29.3 Å². The van der Waals surface area contributed by atoms with Crippen LogP contribution >= 0.6 is 12.6 Å². The van der Waals surface area contributed by atoms with Crippen LogP contribution in [-0.2, 0) is 25.6 Å². The number of nitrogens with two attached hydrogens (primary N) is 3. The number of carbonyl (C=O) groups excluding carboxylic acids is 3. The van der Waals surface area contributed by atoms with E-state index < -0.39 is 54.5 Å². The average molecular weight is 528 g/mol. The number of carboxylic acids is 1. The number of carbonyl (C=O) groups is 4. The number of benzene rings is 1. The van der Waals surface area contributed by atoms with Crippen molar-refractivity contribution in [3.63, 3.8) is 0 Å². The van der Waals surface area contributed by atoms with E-state index in [0.717, 1.165) is 0 Å². The van der Waals surface area contributed by atoms with Crippen molar-refractivity contribution in [2.75, 3.05) is 18.9 Å². The highest BCUT2D eigenvalue weighted by Crippen LogP contribution is 2.11. The smallest absolute Gasteiger partial charge is 0.326 e. The molecule has 0 aliphatic rings. The Balaban J connectivity index is 2.69. The van der Waals surface area contributed by atoms with Gasteiger partial charge in [0.05, 0.1) is 12.6 Å². The number of phenols is 1. The maximum Gasteiger partial charge on any atom is 0.326 e. The van der Waals surface area contributed by atoms with Gasteiger partial charge in [0.25, 0.3) is 0 Å². The molecule has 12 N–H and O–H groups in total. The number of carboxylic acid groups (broad SMARTS) is 1. The number of amides is 3. The van der Waals surface area contributed by atoms with E-state index in [4.69, 9.17) is 17.2 Å². The molecule has 0 saturated carbocycles. The third-order valence-electron chi connectivity index (χ3n) is 4.92. The molecule has 0 saturated heterocycles. The summed E-state index contributed by atoms with van der Waals surface area (Å²) in [6.45, 7) is -0.617. The quantitative estimate of drug-likeness (QED) is 0.0472. The van der Waals surface area contributed by atoms with E-state index in [2.05, 4.69) is 33.6 Å². The van der Waals surface area contributed by atoms with Gasteiger partial charge in [-0.05, 0) is 37.0 Å². The van der Waals surface area contributed by atoms with Crippen molar-refractivity contribution in [2.45, 2.75) is 43.4 Å². The van der Waals surface area contributed by atoms with Gasteiger partial charge in [-0.1, -0.05) is 12.1 Å². The molecule has 1 aromatic rings. The van der Waals surface area contributed by atoms with Gasteiger partial charge in [-0.2, -0.15) is 12.6 Å². The number of aromatic hydroxyl groups is 1. The van der Waals surface area contributed by atoms with Gasteiger partial charge in [0, 0.05) is 12.3 Å². The number of aliphatic hydroxyl groups excluding tert-OH is 1. The predicted octanol–water partition coefficient (Wildman–Crippen LogP) is -3.22. The Hall–Kier alpha value is -3.56. The van der Waals surface area contributed by atoms with Gasteiger partial charge in [0.1, 0.15) is 23.9 Å². The van der Waals surface area contributed by atoms with Crippen molar-refractivity contribution in [1.82, 2.24) is 16.0 Å². The molecule has 4 atom stereocenters. The monoisotopic (exact) mass is 527 g/mol. The zero-order valence-electron chi connectivity index (χ0n) is 19.5. The molecule has 0 fully saturated rings. The number of hydrogen-bond donors (Lipinski definition) is 10. The van der Waals surface area contributed by atoms with Gasteiger partial charge in [0.15, 0.2) is 5.96 Å². The van der Waals surface area contributed by atoms with Crippen molar-refractivity contribution in [3.05, 3.63) is 29.8 Å². The number of guanidine groups is 1. The molecule has 0 heterocycles. The van der Waals surface area contributed by atoms with Crippen LogP contribution in [0.4, 0.5) is 0 Å². The standard InChI is InChI=1S/C21H33N7O7S/c22-13(8-11-3-5-12(30)6-4-11)17(31)27-15(9-29)18(32)28-16(10-36)19(33)26-14(20(34)35)2-1-7-25-21(23)24/h3-6,13-16,29-30,36H,1-2,7-10,22H2,(H,26,33)(H,27,31)(H,28,32)(H,34,35)(H4,23,24,25). The molecule has 3 amide bonds. The van der Waals surface area contributed by atoms with Gasteiger partial charge in [0.2, 0.25) is 17.7 Å². The number of thiol groups is 1. The van der Waals surface area contributed by atoms with Crippen molar-refractivity contribution in [3.8, 4) is 5.75 Å². The third-order valence-corrected chi connectivity index (χ3v) is 5.28. The third kappa shape index (κ3) is 10.8. The van der Waals surface area contributed by atoms with E-state index in [9.17, 15) is 34.5 Å². The lowest BCUT2D eigenvalue weighted by Gasteiger charge is -2.23. The van der Waals surface area contributed by atoms with Crippen LogP contribution in [0, 0.1) is 0 Å². The fourth-order valence-corrected chi connectivity index (χ4v) is 3.21. The molecule has 1 rings (SSSR count). The molecule has 14 nitrogen and oxygen atoms in total. The number of aliphatic imine (C=N–C) groups is 1. The van der Waals surface area contributed by atoms with Crippen LogP contribution in [0.2, 0.25) is 0 Å². The average Bonchev–Trinajstić information content (AvgIpc) is 2.83. The Bertz CT molecular complexity index is 926. The second-order valence-electron chi connectivity index (χ2n) is 7.81. The van der Waals surface area contributed by atoms with E-state index in [1.165, 1.54) is 12.1 Å². The summed E-state index contributed by atoms with van der Waals surface area (Å²) in [6, 6.07) is 1.04.